The van der Waals surface area contributed by atoms with Crippen LogP contribution in [0, 0.1) is 0 Å². The molecule has 0 saturated carbocycles. The second-order valence-electron chi connectivity index (χ2n) is 4.24. The lowest BCUT2D eigenvalue weighted by molar-refractivity contribution is -0.129. The average Bonchev–Trinajstić information content (AvgIpc) is 2.45. The van der Waals surface area contributed by atoms with Crippen LogP contribution in [0.4, 0.5) is 0 Å². The van der Waals surface area contributed by atoms with Crippen molar-refractivity contribution in [2.24, 2.45) is 5.73 Å². The summed E-state index contributed by atoms with van der Waals surface area (Å²) in [6, 6.07) is -0.904. The molecule has 1 fully saturated rings. The standard InChI is InChI=1S/C11H21N3O2/c1-2-5-8(12)10(15)14-9-6-3-4-7-13-11(9)16/h8-9H,2-7,12H2,1H3,(H,13,16)(H,14,15). The highest BCUT2D eigenvalue weighted by molar-refractivity contribution is 5.89. The summed E-state index contributed by atoms with van der Waals surface area (Å²) in [6.07, 6.45) is 4.15. The van der Waals surface area contributed by atoms with Crippen LogP contribution in [0.1, 0.15) is 39.0 Å². The Kier molecular flexibility index (Phi) is 5.25. The third kappa shape index (κ3) is 3.81. The maximum absolute atomic E-state index is 11.6. The minimum Gasteiger partial charge on any atom is -0.354 e. The third-order valence-electron chi connectivity index (χ3n) is 2.79. The molecule has 0 aliphatic carbocycles. The predicted octanol–water partition coefficient (Wildman–Crippen LogP) is -0.101. The van der Waals surface area contributed by atoms with Gasteiger partial charge in [0.25, 0.3) is 0 Å². The minimum atomic E-state index is -0.499. The highest BCUT2D eigenvalue weighted by atomic mass is 16.2. The fraction of sp³-hybridized carbons (Fsp3) is 0.818. The third-order valence-corrected chi connectivity index (χ3v) is 2.79. The Morgan fingerprint density at radius 3 is 3.06 bits per heavy atom. The summed E-state index contributed by atoms with van der Waals surface area (Å²) in [5.74, 6) is -0.307. The van der Waals surface area contributed by atoms with Crippen molar-refractivity contribution in [2.75, 3.05) is 6.54 Å². The molecular weight excluding hydrogens is 206 g/mol. The highest BCUT2D eigenvalue weighted by Gasteiger charge is 2.24. The van der Waals surface area contributed by atoms with Crippen LogP contribution in [-0.2, 0) is 9.59 Å². The van der Waals surface area contributed by atoms with Gasteiger partial charge in [0.2, 0.25) is 11.8 Å². The van der Waals surface area contributed by atoms with Gasteiger partial charge in [-0.25, -0.2) is 0 Å². The van der Waals surface area contributed by atoms with Crippen LogP contribution in [-0.4, -0.2) is 30.4 Å². The Morgan fingerprint density at radius 2 is 2.38 bits per heavy atom. The number of carbonyl (C=O) groups is 2. The Balaban J connectivity index is 2.44. The monoisotopic (exact) mass is 227 g/mol. The van der Waals surface area contributed by atoms with E-state index >= 15 is 0 Å². The Morgan fingerprint density at radius 1 is 1.62 bits per heavy atom. The zero-order valence-corrected chi connectivity index (χ0v) is 9.79. The van der Waals surface area contributed by atoms with Gasteiger partial charge in [0, 0.05) is 6.54 Å². The van der Waals surface area contributed by atoms with Crippen LogP contribution >= 0.6 is 0 Å². The number of nitrogens with two attached hydrogens (primary N) is 1. The molecule has 1 rings (SSSR count). The zero-order valence-electron chi connectivity index (χ0n) is 9.79. The lowest BCUT2D eigenvalue weighted by atomic mass is 10.1. The molecule has 0 aromatic rings. The molecule has 1 aliphatic heterocycles. The minimum absolute atomic E-state index is 0.0884. The Bertz CT molecular complexity index is 256. The predicted molar refractivity (Wildman–Crippen MR) is 61.7 cm³/mol. The fourth-order valence-electron chi connectivity index (χ4n) is 1.80. The molecule has 2 atom stereocenters. The molecule has 0 bridgehead atoms. The lowest BCUT2D eigenvalue weighted by Gasteiger charge is -2.18. The maximum atomic E-state index is 11.6. The topological polar surface area (TPSA) is 84.2 Å². The van der Waals surface area contributed by atoms with Gasteiger partial charge in [0.1, 0.15) is 6.04 Å². The van der Waals surface area contributed by atoms with Crippen LogP contribution in [0.2, 0.25) is 0 Å². The summed E-state index contributed by atoms with van der Waals surface area (Å²) in [4.78, 5) is 23.2. The van der Waals surface area contributed by atoms with Crippen molar-refractivity contribution in [2.45, 2.75) is 51.1 Å². The van der Waals surface area contributed by atoms with Crippen molar-refractivity contribution in [1.82, 2.24) is 10.6 Å². The lowest BCUT2D eigenvalue weighted by Crippen LogP contribution is -2.50. The van der Waals surface area contributed by atoms with Crippen molar-refractivity contribution < 1.29 is 9.59 Å². The summed E-state index contributed by atoms with van der Waals surface area (Å²) in [5.41, 5.74) is 5.69. The van der Waals surface area contributed by atoms with Crippen LogP contribution in [0.25, 0.3) is 0 Å². The van der Waals surface area contributed by atoms with Gasteiger partial charge in [-0.05, 0) is 25.7 Å². The van der Waals surface area contributed by atoms with E-state index in [0.717, 1.165) is 19.3 Å². The second kappa shape index (κ2) is 6.48. The van der Waals surface area contributed by atoms with Gasteiger partial charge >= 0.3 is 0 Å². The van der Waals surface area contributed by atoms with Crippen molar-refractivity contribution in [3.63, 3.8) is 0 Å². The van der Waals surface area contributed by atoms with E-state index in [9.17, 15) is 9.59 Å². The smallest absolute Gasteiger partial charge is 0.242 e. The molecule has 1 heterocycles. The quantitative estimate of drug-likeness (QED) is 0.627. The van der Waals surface area contributed by atoms with Crippen molar-refractivity contribution in [1.29, 1.82) is 0 Å². The molecule has 5 nitrogen and oxygen atoms in total. The van der Waals surface area contributed by atoms with Gasteiger partial charge < -0.3 is 16.4 Å². The van der Waals surface area contributed by atoms with E-state index in [1.54, 1.807) is 0 Å². The normalized spacial score (nSPS) is 23.1. The van der Waals surface area contributed by atoms with Gasteiger partial charge in [-0.15, -0.1) is 0 Å². The molecule has 0 aromatic heterocycles. The first kappa shape index (κ1) is 13.0. The molecule has 92 valence electrons. The van der Waals surface area contributed by atoms with E-state index in [0.29, 0.717) is 19.4 Å². The van der Waals surface area contributed by atoms with Gasteiger partial charge in [-0.2, -0.15) is 0 Å². The summed E-state index contributed by atoms with van der Waals surface area (Å²) >= 11 is 0. The van der Waals surface area contributed by atoms with E-state index < -0.39 is 12.1 Å². The molecule has 2 amide bonds. The van der Waals surface area contributed by atoms with Gasteiger partial charge in [0.05, 0.1) is 6.04 Å². The van der Waals surface area contributed by atoms with Crippen molar-refractivity contribution >= 4 is 11.8 Å². The number of hydrogen-bond acceptors (Lipinski definition) is 3. The van der Waals surface area contributed by atoms with Crippen molar-refractivity contribution in [3.05, 3.63) is 0 Å². The number of rotatable bonds is 4. The van der Waals surface area contributed by atoms with Gasteiger partial charge in [0.15, 0.2) is 0 Å². The first-order chi connectivity index (χ1) is 7.65. The van der Waals surface area contributed by atoms with Crippen LogP contribution in [0.5, 0.6) is 0 Å². The molecule has 0 aromatic carbocycles. The van der Waals surface area contributed by atoms with E-state index in [1.165, 1.54) is 0 Å². The first-order valence-electron chi connectivity index (χ1n) is 5.98. The molecule has 0 spiro atoms. The van der Waals surface area contributed by atoms with Gasteiger partial charge in [-0.3, -0.25) is 9.59 Å². The number of amides is 2. The highest BCUT2D eigenvalue weighted by Crippen LogP contribution is 2.06. The summed E-state index contributed by atoms with van der Waals surface area (Å²) in [7, 11) is 0. The number of hydrogen-bond donors (Lipinski definition) is 3. The molecule has 2 unspecified atom stereocenters. The van der Waals surface area contributed by atoms with E-state index in [4.69, 9.17) is 5.73 Å². The van der Waals surface area contributed by atoms with Crippen LogP contribution in [0.3, 0.4) is 0 Å². The second-order valence-corrected chi connectivity index (χ2v) is 4.24. The summed E-state index contributed by atoms with van der Waals surface area (Å²) in [6.45, 7) is 2.68. The Hall–Kier alpha value is -1.10. The van der Waals surface area contributed by atoms with E-state index in [-0.39, 0.29) is 11.8 Å². The molecule has 5 heteroatoms. The average molecular weight is 227 g/mol. The first-order valence-corrected chi connectivity index (χ1v) is 5.98. The van der Waals surface area contributed by atoms with Crippen molar-refractivity contribution in [3.8, 4) is 0 Å². The Labute approximate surface area is 96.1 Å². The van der Waals surface area contributed by atoms with Crippen LogP contribution in [0.15, 0.2) is 0 Å². The fourth-order valence-corrected chi connectivity index (χ4v) is 1.80. The van der Waals surface area contributed by atoms with Crippen LogP contribution < -0.4 is 16.4 Å². The van der Waals surface area contributed by atoms with E-state index in [2.05, 4.69) is 10.6 Å². The number of carbonyl (C=O) groups excluding carboxylic acids is 2. The molecule has 0 radical (unpaired) electrons. The van der Waals surface area contributed by atoms with E-state index in [1.807, 2.05) is 6.92 Å². The molecule has 16 heavy (non-hydrogen) atoms. The molecular formula is C11H21N3O2. The largest absolute Gasteiger partial charge is 0.354 e. The summed E-state index contributed by atoms with van der Waals surface area (Å²) in [5, 5.41) is 5.49. The SMILES string of the molecule is CCCC(N)C(=O)NC1CCCCNC1=O. The molecule has 1 aliphatic rings. The number of nitrogens with one attached hydrogen (secondary N) is 2. The zero-order chi connectivity index (χ0) is 12.0. The van der Waals surface area contributed by atoms with Gasteiger partial charge in [-0.1, -0.05) is 13.3 Å². The molecule has 4 N–H and O–H groups in total. The maximum Gasteiger partial charge on any atom is 0.242 e. The summed E-state index contributed by atoms with van der Waals surface area (Å²) < 4.78 is 0. The molecule has 1 saturated heterocycles.